The molecule has 0 aromatic rings. The Morgan fingerprint density at radius 3 is 1.20 bits per heavy atom. The molecule has 13 heteroatoms. The zero-order chi connectivity index (χ0) is 57.5. The van der Waals surface area contributed by atoms with E-state index in [0.717, 1.165) is 57.8 Å². The van der Waals surface area contributed by atoms with Gasteiger partial charge in [0, 0.05) is 6.42 Å². The molecule has 0 saturated carbocycles. The van der Waals surface area contributed by atoms with Crippen LogP contribution in [-0.2, 0) is 28.9 Å². The van der Waals surface area contributed by atoms with Gasteiger partial charge in [-0.1, -0.05) is 308 Å². The lowest BCUT2D eigenvalue weighted by Gasteiger charge is -2.41. The van der Waals surface area contributed by atoms with Gasteiger partial charge in [-0.05, 0) is 44.9 Å². The predicted octanol–water partition coefficient (Wildman–Crippen LogP) is 17.1. The number of nitrogens with one attached hydrogen (secondary N) is 1. The van der Waals surface area contributed by atoms with Crippen LogP contribution in [0.4, 0.5) is 0 Å². The van der Waals surface area contributed by atoms with Crippen LogP contribution in [0.3, 0.4) is 0 Å². The number of unbranched alkanes of at least 4 members (excludes halogenated alkanes) is 44. The molecule has 1 saturated heterocycles. The van der Waals surface area contributed by atoms with Gasteiger partial charge in [-0.2, -0.15) is 8.42 Å². The number of allylic oxidation sites excluding steroid dienone is 4. The van der Waals surface area contributed by atoms with Crippen LogP contribution < -0.4 is 5.32 Å². The lowest BCUT2D eigenvalue weighted by molar-refractivity contribution is -0.298. The van der Waals surface area contributed by atoms with E-state index in [9.17, 15) is 38.2 Å². The van der Waals surface area contributed by atoms with E-state index in [2.05, 4.69) is 47.7 Å². The van der Waals surface area contributed by atoms with Crippen molar-refractivity contribution in [3.05, 3.63) is 24.3 Å². The molecule has 1 rings (SSSR count). The second-order valence-electron chi connectivity index (χ2n) is 23.8. The highest BCUT2D eigenvalue weighted by Crippen LogP contribution is 2.26. The van der Waals surface area contributed by atoms with E-state index < -0.39 is 59.9 Å². The number of aliphatic hydroxyl groups excluding tert-OH is 4. The van der Waals surface area contributed by atoms with Crippen molar-refractivity contribution in [1.29, 1.82) is 0 Å². The van der Waals surface area contributed by atoms with Crippen molar-refractivity contribution in [1.82, 2.24) is 5.32 Å². The summed E-state index contributed by atoms with van der Waals surface area (Å²) < 4.78 is 48.1. The van der Waals surface area contributed by atoms with Crippen LogP contribution in [0.15, 0.2) is 24.3 Å². The molecule has 0 spiro atoms. The molecule has 0 aliphatic carbocycles. The molecule has 1 aliphatic rings. The summed E-state index contributed by atoms with van der Waals surface area (Å²) in [5, 5.41) is 45.3. The minimum Gasteiger partial charge on any atom is -0.394 e. The minimum absolute atomic E-state index is 0.225. The smallest absolute Gasteiger partial charge is 0.394 e. The Morgan fingerprint density at radius 1 is 0.506 bits per heavy atom. The number of hydrogen-bond acceptors (Lipinski definition) is 10. The fourth-order valence-corrected chi connectivity index (χ4v) is 11.6. The SMILES string of the molecule is CCCCCCCCCCC/C=C\C/C=C\CCCCCCCCCCCCCCCC(=O)NC(COC1OC(CO)C(O)C(OS(=O)(=O)O)C1O)C(O)CCCCCCCCCCCCCCCCCCCCCCCCC. The summed E-state index contributed by atoms with van der Waals surface area (Å²) in [5.74, 6) is -0.225. The fraction of sp³-hybridized carbons (Fsp3) is 0.924. The first-order chi connectivity index (χ1) is 38.5. The first kappa shape index (κ1) is 75.6. The third-order valence-corrected chi connectivity index (χ3v) is 16.7. The van der Waals surface area contributed by atoms with Crippen molar-refractivity contribution in [3.63, 3.8) is 0 Å². The van der Waals surface area contributed by atoms with E-state index in [1.54, 1.807) is 0 Å². The Balaban J connectivity index is 2.26. The Hall–Kier alpha value is -1.42. The Kier molecular flexibility index (Phi) is 53.3. The van der Waals surface area contributed by atoms with Crippen LogP contribution in [-0.4, -0.2) is 95.4 Å². The lowest BCUT2D eigenvalue weighted by atomic mass is 9.99. The zero-order valence-electron chi connectivity index (χ0n) is 51.2. The molecule has 1 amide bonds. The number of ether oxygens (including phenoxy) is 2. The van der Waals surface area contributed by atoms with E-state index in [0.29, 0.717) is 12.8 Å². The van der Waals surface area contributed by atoms with Crippen molar-refractivity contribution in [2.45, 2.75) is 378 Å². The largest absolute Gasteiger partial charge is 0.397 e. The Bertz CT molecular complexity index is 1480. The highest BCUT2D eigenvalue weighted by atomic mass is 32.3. The van der Waals surface area contributed by atoms with E-state index in [1.807, 2.05) is 0 Å². The molecule has 468 valence electrons. The second kappa shape index (κ2) is 55.8. The van der Waals surface area contributed by atoms with Crippen LogP contribution in [0.2, 0.25) is 0 Å². The first-order valence-corrected chi connectivity index (χ1v) is 35.1. The molecule has 1 fully saturated rings. The number of hydrogen-bond donors (Lipinski definition) is 6. The van der Waals surface area contributed by atoms with Crippen molar-refractivity contribution in [2.24, 2.45) is 0 Å². The van der Waals surface area contributed by atoms with Crippen LogP contribution in [0.25, 0.3) is 0 Å². The average Bonchev–Trinajstić information content (AvgIpc) is 3.44. The first-order valence-electron chi connectivity index (χ1n) is 33.7. The summed E-state index contributed by atoms with van der Waals surface area (Å²) in [6.45, 7) is 3.51. The lowest BCUT2D eigenvalue weighted by Crippen LogP contribution is -2.61. The molecule has 0 aromatic carbocycles. The minimum atomic E-state index is -5.08. The third kappa shape index (κ3) is 47.6. The average molecular weight is 1140 g/mol. The van der Waals surface area contributed by atoms with Crippen molar-refractivity contribution in [3.8, 4) is 0 Å². The highest BCUT2D eigenvalue weighted by Gasteiger charge is 2.48. The molecule has 1 aliphatic heterocycles. The maximum atomic E-state index is 13.2. The van der Waals surface area contributed by atoms with E-state index in [4.69, 9.17) is 9.47 Å². The molecule has 1 heterocycles. The number of aliphatic hydroxyl groups is 4. The fourth-order valence-electron chi connectivity index (χ4n) is 11.1. The number of carbonyl (C=O) groups excluding carboxylic acids is 1. The van der Waals surface area contributed by atoms with E-state index in [-0.39, 0.29) is 12.5 Å². The monoisotopic (exact) mass is 1140 g/mol. The summed E-state index contributed by atoms with van der Waals surface area (Å²) >= 11 is 0. The van der Waals surface area contributed by atoms with Crippen molar-refractivity contribution >= 4 is 16.3 Å². The van der Waals surface area contributed by atoms with Gasteiger partial charge in [0.2, 0.25) is 5.91 Å². The summed E-state index contributed by atoms with van der Waals surface area (Å²) in [5.41, 5.74) is 0. The van der Waals surface area contributed by atoms with Gasteiger partial charge in [0.05, 0.1) is 25.4 Å². The van der Waals surface area contributed by atoms with Gasteiger partial charge in [-0.3, -0.25) is 9.35 Å². The second-order valence-corrected chi connectivity index (χ2v) is 24.8. The molecule has 0 aromatic heterocycles. The van der Waals surface area contributed by atoms with Crippen molar-refractivity contribution in [2.75, 3.05) is 13.2 Å². The maximum absolute atomic E-state index is 13.2. The molecule has 7 unspecified atom stereocenters. The van der Waals surface area contributed by atoms with Crippen LogP contribution >= 0.6 is 0 Å². The van der Waals surface area contributed by atoms with Crippen LogP contribution in [0.1, 0.15) is 335 Å². The number of carbonyl (C=O) groups is 1. The van der Waals surface area contributed by atoms with Gasteiger partial charge in [0.25, 0.3) is 0 Å². The topological polar surface area (TPSA) is 192 Å². The molecule has 6 N–H and O–H groups in total. The van der Waals surface area contributed by atoms with Gasteiger partial charge in [-0.15, -0.1) is 0 Å². The van der Waals surface area contributed by atoms with Gasteiger partial charge in [-0.25, -0.2) is 4.18 Å². The van der Waals surface area contributed by atoms with Gasteiger partial charge >= 0.3 is 10.4 Å². The van der Waals surface area contributed by atoms with E-state index >= 15 is 0 Å². The summed E-state index contributed by atoms with van der Waals surface area (Å²) in [7, 11) is -5.08. The summed E-state index contributed by atoms with van der Waals surface area (Å²) in [4.78, 5) is 13.2. The highest BCUT2D eigenvalue weighted by molar-refractivity contribution is 7.80. The summed E-state index contributed by atoms with van der Waals surface area (Å²) in [6.07, 6.45) is 62.0. The van der Waals surface area contributed by atoms with Crippen LogP contribution in [0, 0.1) is 0 Å². The Morgan fingerprint density at radius 2 is 0.848 bits per heavy atom. The standard InChI is InChI=1S/C66H127NO11S/c1-3-5-7-9-11-13-15-17-19-21-23-25-27-28-29-30-31-32-34-36-38-40-42-44-46-48-50-52-54-56-62(70)67-59(58-76-66-64(72)65(78-79(73,74)75)63(71)61(57-68)77-66)60(69)55-53-51-49-47-45-43-41-39-37-35-33-26-24-22-20-18-16-14-12-10-8-6-4-2/h23,25,28-29,59-61,63-66,68-69,71-72H,3-22,24,26-27,30-58H2,1-2H3,(H,67,70)(H,73,74,75)/b25-23-,29-28-. The molecular weight excluding hydrogens is 1010 g/mol. The van der Waals surface area contributed by atoms with E-state index in [1.165, 1.54) is 250 Å². The maximum Gasteiger partial charge on any atom is 0.397 e. The zero-order valence-corrected chi connectivity index (χ0v) is 52.0. The quantitative estimate of drug-likeness (QED) is 0.0193. The molecule has 0 bridgehead atoms. The van der Waals surface area contributed by atoms with Crippen LogP contribution in [0.5, 0.6) is 0 Å². The van der Waals surface area contributed by atoms with Crippen molar-refractivity contribution < 1.29 is 51.8 Å². The normalized spacial score (nSPS) is 18.8. The van der Waals surface area contributed by atoms with Gasteiger partial charge in [0.1, 0.15) is 24.4 Å². The summed E-state index contributed by atoms with van der Waals surface area (Å²) in [6, 6.07) is -0.859. The molecule has 79 heavy (non-hydrogen) atoms. The third-order valence-electron chi connectivity index (χ3n) is 16.3. The Labute approximate surface area is 486 Å². The van der Waals surface area contributed by atoms with Gasteiger partial charge in [0.15, 0.2) is 6.29 Å². The number of rotatable bonds is 60. The molecule has 12 nitrogen and oxygen atoms in total. The molecular formula is C66H127NO11S. The van der Waals surface area contributed by atoms with Gasteiger partial charge < -0.3 is 35.2 Å². The molecule has 7 atom stereocenters. The molecule has 0 radical (unpaired) electrons. The predicted molar refractivity (Wildman–Crippen MR) is 329 cm³/mol. The number of amides is 1.